The summed E-state index contributed by atoms with van der Waals surface area (Å²) in [4.78, 5) is 17.0. The fraction of sp³-hybridized carbons (Fsp3) is 0.923. The van der Waals surface area contributed by atoms with Gasteiger partial charge in [-0.1, -0.05) is 0 Å². The van der Waals surface area contributed by atoms with Crippen LogP contribution >= 0.6 is 0 Å². The van der Waals surface area contributed by atoms with E-state index in [0.29, 0.717) is 25.9 Å². The fourth-order valence-electron chi connectivity index (χ4n) is 6.12. The van der Waals surface area contributed by atoms with Crippen LogP contribution in [0.25, 0.3) is 0 Å². The van der Waals surface area contributed by atoms with E-state index in [0.717, 1.165) is 6.42 Å². The zero-order chi connectivity index (χ0) is 33.1. The zero-order valence-corrected chi connectivity index (χ0v) is 25.1. The van der Waals surface area contributed by atoms with E-state index in [-0.39, 0.29) is 37.5 Å². The number of carbonyl (C=O) groups is 1. The van der Waals surface area contributed by atoms with Crippen LogP contribution in [-0.2, 0) is 23.7 Å². The van der Waals surface area contributed by atoms with Crippen LogP contribution < -0.4 is 45.0 Å². The van der Waals surface area contributed by atoms with Crippen molar-refractivity contribution in [3.05, 3.63) is 0 Å². The van der Waals surface area contributed by atoms with Crippen molar-refractivity contribution in [1.29, 1.82) is 0 Å². The van der Waals surface area contributed by atoms with Gasteiger partial charge in [-0.05, 0) is 38.8 Å². The van der Waals surface area contributed by atoms with Crippen LogP contribution in [0.5, 0.6) is 0 Å². The lowest BCUT2D eigenvalue weighted by Crippen LogP contribution is -2.69. The molecule has 0 aromatic rings. The fourth-order valence-corrected chi connectivity index (χ4v) is 6.12. The van der Waals surface area contributed by atoms with E-state index in [9.17, 15) is 30.3 Å². The summed E-state index contributed by atoms with van der Waals surface area (Å²) in [6, 6.07) is -4.30. The number of rotatable bonds is 13. The Bertz CT molecular complexity index is 1010. The molecule has 2 aliphatic carbocycles. The molecule has 0 aromatic heterocycles. The molecular formula is C26H51N9O10. The highest BCUT2D eigenvalue weighted by atomic mass is 16.7. The highest BCUT2D eigenvalue weighted by Crippen LogP contribution is 2.40. The van der Waals surface area contributed by atoms with Crippen molar-refractivity contribution in [1.82, 2.24) is 10.6 Å². The van der Waals surface area contributed by atoms with Gasteiger partial charge in [0.25, 0.3) is 5.91 Å². The molecule has 260 valence electrons. The standard InChI is InChI=1S/C26H51N9O10/c27-4-1-5-33-12-3-2-10(8-28)42-22(12)44-20-11(29)6-13(34-24(40)26(41)7-15(26)35-25(31)32)21(19(20)39)45-23-18(38)16(30)17(37)14(9-36)43-23/h10-23,33,36-39,41H,1-9,27-30H2,(H,34,40)(H4,31,32,35)/t10-,11-,12+,13+,14+,15?,16-,17+,18+,19-,20?,21-,22+,23+,26?/m0/s1. The first kappa shape index (κ1) is 36.0. The number of aliphatic hydroxyl groups is 5. The minimum Gasteiger partial charge on any atom is -0.394 e. The van der Waals surface area contributed by atoms with E-state index in [4.69, 9.17) is 53.3 Å². The Morgan fingerprint density at radius 3 is 2.33 bits per heavy atom. The van der Waals surface area contributed by atoms with Crippen molar-refractivity contribution in [2.75, 3.05) is 26.2 Å². The second-order valence-corrected chi connectivity index (χ2v) is 12.3. The smallest absolute Gasteiger partial charge is 0.254 e. The van der Waals surface area contributed by atoms with E-state index in [1.54, 1.807) is 0 Å². The molecule has 4 fully saturated rings. The molecule has 45 heavy (non-hydrogen) atoms. The van der Waals surface area contributed by atoms with Gasteiger partial charge in [-0.15, -0.1) is 0 Å². The molecule has 19 heteroatoms. The number of carbonyl (C=O) groups excluding carboxylic acids is 1. The van der Waals surface area contributed by atoms with Crippen molar-refractivity contribution < 1.29 is 49.3 Å². The normalized spacial score (nSPS) is 45.1. The molecule has 0 aromatic carbocycles. The first-order valence-electron chi connectivity index (χ1n) is 15.4. The quantitative estimate of drug-likeness (QED) is 0.0500. The van der Waals surface area contributed by atoms with Gasteiger partial charge in [0.05, 0.1) is 36.9 Å². The van der Waals surface area contributed by atoms with Crippen LogP contribution in [0.1, 0.15) is 32.1 Å². The van der Waals surface area contributed by atoms with Gasteiger partial charge in [-0.2, -0.15) is 0 Å². The lowest BCUT2D eigenvalue weighted by molar-refractivity contribution is -0.314. The van der Waals surface area contributed by atoms with Crippen molar-refractivity contribution in [2.24, 2.45) is 39.4 Å². The van der Waals surface area contributed by atoms with Crippen LogP contribution in [0, 0.1) is 0 Å². The molecule has 1 amide bonds. The summed E-state index contributed by atoms with van der Waals surface area (Å²) in [6.07, 6.45) is -8.81. The summed E-state index contributed by atoms with van der Waals surface area (Å²) in [5, 5.41) is 59.3. The Hall–Kier alpha value is -1.82. The lowest BCUT2D eigenvalue weighted by Gasteiger charge is -2.48. The molecule has 19 N–H and O–H groups in total. The van der Waals surface area contributed by atoms with Crippen LogP contribution in [-0.4, -0.2) is 155 Å². The third kappa shape index (κ3) is 8.19. The Labute approximate surface area is 260 Å². The summed E-state index contributed by atoms with van der Waals surface area (Å²) in [7, 11) is 0. The Kier molecular flexibility index (Phi) is 12.3. The monoisotopic (exact) mass is 649 g/mol. The number of ether oxygens (including phenoxy) is 4. The molecule has 3 unspecified atom stereocenters. The lowest BCUT2D eigenvalue weighted by atomic mass is 9.83. The Morgan fingerprint density at radius 1 is 0.978 bits per heavy atom. The predicted molar refractivity (Wildman–Crippen MR) is 158 cm³/mol. The summed E-state index contributed by atoms with van der Waals surface area (Å²) in [6.45, 7) is 0.720. The van der Waals surface area contributed by atoms with E-state index < -0.39 is 91.5 Å². The maximum Gasteiger partial charge on any atom is 0.254 e. The van der Waals surface area contributed by atoms with Gasteiger partial charge in [-0.25, -0.2) is 4.99 Å². The molecule has 2 heterocycles. The summed E-state index contributed by atoms with van der Waals surface area (Å²) in [5.41, 5.74) is 32.9. The molecule has 19 nitrogen and oxygen atoms in total. The molecule has 15 atom stereocenters. The first-order chi connectivity index (χ1) is 21.3. The van der Waals surface area contributed by atoms with Crippen molar-refractivity contribution in [3.8, 4) is 0 Å². The maximum absolute atomic E-state index is 13.2. The minimum atomic E-state index is -1.90. The summed E-state index contributed by atoms with van der Waals surface area (Å²) >= 11 is 0. The number of nitrogens with two attached hydrogens (primary N) is 6. The number of hydrogen-bond acceptors (Lipinski definition) is 16. The van der Waals surface area contributed by atoms with Crippen molar-refractivity contribution in [2.45, 2.75) is 123 Å². The highest BCUT2D eigenvalue weighted by molar-refractivity contribution is 5.90. The Morgan fingerprint density at radius 2 is 1.69 bits per heavy atom. The predicted octanol–water partition coefficient (Wildman–Crippen LogP) is -7.35. The van der Waals surface area contributed by atoms with Crippen LogP contribution in [0.4, 0.5) is 0 Å². The molecule has 4 aliphatic rings. The van der Waals surface area contributed by atoms with Gasteiger partial charge in [0.15, 0.2) is 24.1 Å². The van der Waals surface area contributed by atoms with E-state index in [2.05, 4.69) is 15.6 Å². The third-order valence-electron chi connectivity index (χ3n) is 8.95. The molecule has 0 radical (unpaired) electrons. The largest absolute Gasteiger partial charge is 0.394 e. The number of aliphatic imine (C=N–C) groups is 1. The average Bonchev–Trinajstić information content (AvgIpc) is 3.66. The second-order valence-electron chi connectivity index (χ2n) is 12.3. The van der Waals surface area contributed by atoms with E-state index in [1.165, 1.54) is 0 Å². The molecular weight excluding hydrogens is 598 g/mol. The van der Waals surface area contributed by atoms with Crippen LogP contribution in [0.15, 0.2) is 4.99 Å². The summed E-state index contributed by atoms with van der Waals surface area (Å²) < 4.78 is 24.0. The Balaban J connectivity index is 1.56. The molecule has 2 saturated carbocycles. The topological polar surface area (TPSA) is 348 Å². The van der Waals surface area contributed by atoms with Gasteiger partial charge in [-0.3, -0.25) is 4.79 Å². The van der Waals surface area contributed by atoms with Crippen LogP contribution in [0.3, 0.4) is 0 Å². The number of nitrogens with one attached hydrogen (secondary N) is 2. The minimum absolute atomic E-state index is 0.0135. The number of hydrogen-bond donors (Lipinski definition) is 13. The summed E-state index contributed by atoms with van der Waals surface area (Å²) in [5.74, 6) is -1.12. The maximum atomic E-state index is 13.2. The van der Waals surface area contributed by atoms with Gasteiger partial charge < -0.3 is 89.5 Å². The number of guanidine groups is 1. The van der Waals surface area contributed by atoms with Crippen molar-refractivity contribution >= 4 is 11.9 Å². The molecule has 4 rings (SSSR count). The molecule has 2 saturated heterocycles. The first-order valence-corrected chi connectivity index (χ1v) is 15.4. The molecule has 0 spiro atoms. The molecule has 2 aliphatic heterocycles. The van der Waals surface area contributed by atoms with E-state index in [1.807, 2.05) is 0 Å². The highest BCUT2D eigenvalue weighted by Gasteiger charge is 2.61. The SMILES string of the molecule is NCCCN[C@@H]1CC[C@@H](CN)O[C@@H]1OC1[C@@H](N)C[C@@H](NC(=O)C2(O)CC2N=C(N)N)[C@H](O[C@H]2O[C@H](CO)[C@@H](O)[C@H](N)[C@H]2O)[C@H]1O. The van der Waals surface area contributed by atoms with Gasteiger partial charge >= 0.3 is 0 Å². The van der Waals surface area contributed by atoms with Crippen molar-refractivity contribution in [3.63, 3.8) is 0 Å². The zero-order valence-electron chi connectivity index (χ0n) is 25.1. The average molecular weight is 650 g/mol. The third-order valence-corrected chi connectivity index (χ3v) is 8.95. The van der Waals surface area contributed by atoms with Gasteiger partial charge in [0.1, 0.15) is 36.6 Å². The number of nitrogens with zero attached hydrogens (tertiary/aromatic N) is 1. The van der Waals surface area contributed by atoms with E-state index >= 15 is 0 Å². The second kappa shape index (κ2) is 15.4. The van der Waals surface area contributed by atoms with Gasteiger partial charge in [0.2, 0.25) is 0 Å². The molecule has 0 bridgehead atoms. The number of amides is 1. The van der Waals surface area contributed by atoms with Gasteiger partial charge in [0, 0.05) is 19.0 Å². The van der Waals surface area contributed by atoms with Crippen LogP contribution in [0.2, 0.25) is 0 Å². The number of aliphatic hydroxyl groups excluding tert-OH is 4.